The van der Waals surface area contributed by atoms with Crippen molar-refractivity contribution < 1.29 is 14.3 Å². The molecule has 0 radical (unpaired) electrons. The van der Waals surface area contributed by atoms with Gasteiger partial charge in [-0.25, -0.2) is 0 Å². The van der Waals surface area contributed by atoms with Gasteiger partial charge in [-0.05, 0) is 49.9 Å². The molecule has 0 aliphatic carbocycles. The van der Waals surface area contributed by atoms with E-state index in [2.05, 4.69) is 40.7 Å². The summed E-state index contributed by atoms with van der Waals surface area (Å²) in [6.45, 7) is 3.76. The standard InChI is InChI=1S/C25H33N3O3S/c1-18(20-13-14-21(30-2)23-24(20)32-25(28-23)31-3)26-16-9-5-8-12-22(29)27-17-15-19-10-6-4-7-11-19/h4,6-7,10-11,13-14,18,26H,5,8-9,12,15-17H2,1-3H3,(H,27,29). The predicted octanol–water partition coefficient (Wildman–Crippen LogP) is 4.88. The minimum absolute atomic E-state index is 0.141. The van der Waals surface area contributed by atoms with Gasteiger partial charge in [0.05, 0.1) is 18.9 Å². The summed E-state index contributed by atoms with van der Waals surface area (Å²) >= 11 is 1.54. The van der Waals surface area contributed by atoms with Crippen LogP contribution in [0, 0.1) is 0 Å². The molecule has 2 N–H and O–H groups in total. The summed E-state index contributed by atoms with van der Waals surface area (Å²) in [6.07, 6.45) is 4.43. The van der Waals surface area contributed by atoms with Crippen LogP contribution in [0.1, 0.15) is 49.8 Å². The normalized spacial score (nSPS) is 12.0. The van der Waals surface area contributed by atoms with Crippen molar-refractivity contribution >= 4 is 27.5 Å². The quantitative estimate of drug-likeness (QED) is 0.359. The lowest BCUT2D eigenvalue weighted by Gasteiger charge is -2.15. The van der Waals surface area contributed by atoms with Crippen LogP contribution in [0.15, 0.2) is 42.5 Å². The molecule has 1 aromatic heterocycles. The Morgan fingerprint density at radius 2 is 1.84 bits per heavy atom. The second kappa shape index (κ2) is 12.4. The van der Waals surface area contributed by atoms with E-state index in [1.165, 1.54) is 22.5 Å². The molecule has 0 aliphatic rings. The van der Waals surface area contributed by atoms with Crippen LogP contribution in [0.3, 0.4) is 0 Å². The first-order valence-corrected chi connectivity index (χ1v) is 12.0. The van der Waals surface area contributed by atoms with Crippen LogP contribution in [0.4, 0.5) is 0 Å². The number of aromatic nitrogens is 1. The Morgan fingerprint density at radius 3 is 2.59 bits per heavy atom. The van der Waals surface area contributed by atoms with Gasteiger partial charge in [-0.2, -0.15) is 4.98 Å². The van der Waals surface area contributed by atoms with Crippen LogP contribution in [-0.2, 0) is 11.2 Å². The Labute approximate surface area is 194 Å². The number of hydrogen-bond donors (Lipinski definition) is 2. The molecule has 2 aromatic carbocycles. The molecule has 3 aromatic rings. The maximum absolute atomic E-state index is 12.0. The number of carbonyl (C=O) groups excluding carboxylic acids is 1. The average molecular weight is 456 g/mol. The van der Waals surface area contributed by atoms with E-state index in [0.717, 1.165) is 48.2 Å². The van der Waals surface area contributed by atoms with Gasteiger partial charge in [-0.15, -0.1) is 0 Å². The summed E-state index contributed by atoms with van der Waals surface area (Å²) in [5, 5.41) is 7.25. The van der Waals surface area contributed by atoms with Gasteiger partial charge in [0.15, 0.2) is 0 Å². The van der Waals surface area contributed by atoms with E-state index in [9.17, 15) is 4.79 Å². The van der Waals surface area contributed by atoms with Crippen molar-refractivity contribution in [2.45, 2.75) is 45.1 Å². The van der Waals surface area contributed by atoms with Gasteiger partial charge in [0.2, 0.25) is 5.91 Å². The fraction of sp³-hybridized carbons (Fsp3) is 0.440. The highest BCUT2D eigenvalue weighted by molar-refractivity contribution is 7.20. The van der Waals surface area contributed by atoms with Gasteiger partial charge >= 0.3 is 0 Å². The average Bonchev–Trinajstić information content (AvgIpc) is 3.26. The summed E-state index contributed by atoms with van der Waals surface area (Å²) in [5.41, 5.74) is 3.29. The van der Waals surface area contributed by atoms with E-state index in [1.807, 2.05) is 24.3 Å². The molecule has 1 heterocycles. The predicted molar refractivity (Wildman–Crippen MR) is 131 cm³/mol. The highest BCUT2D eigenvalue weighted by Crippen LogP contribution is 2.38. The third kappa shape index (κ3) is 6.68. The maximum atomic E-state index is 12.0. The lowest BCUT2D eigenvalue weighted by molar-refractivity contribution is -0.121. The lowest BCUT2D eigenvalue weighted by Crippen LogP contribution is -2.25. The van der Waals surface area contributed by atoms with Gasteiger partial charge in [-0.1, -0.05) is 54.2 Å². The van der Waals surface area contributed by atoms with Crippen molar-refractivity contribution in [1.82, 2.24) is 15.6 Å². The highest BCUT2D eigenvalue weighted by atomic mass is 32.1. The number of carbonyl (C=O) groups is 1. The van der Waals surface area contributed by atoms with E-state index in [-0.39, 0.29) is 11.9 Å². The first-order valence-electron chi connectivity index (χ1n) is 11.2. The molecule has 6 nitrogen and oxygen atoms in total. The minimum Gasteiger partial charge on any atom is -0.494 e. The summed E-state index contributed by atoms with van der Waals surface area (Å²) in [4.78, 5) is 16.5. The fourth-order valence-corrected chi connectivity index (χ4v) is 4.67. The number of hydrogen-bond acceptors (Lipinski definition) is 6. The van der Waals surface area contributed by atoms with Crippen LogP contribution in [0.5, 0.6) is 10.9 Å². The molecule has 0 aliphatic heterocycles. The molecule has 0 fully saturated rings. The van der Waals surface area contributed by atoms with E-state index >= 15 is 0 Å². The van der Waals surface area contributed by atoms with Crippen LogP contribution in [-0.4, -0.2) is 38.2 Å². The SMILES string of the molecule is COc1nc2c(OC)ccc(C(C)NCCCCCC(=O)NCCc3ccccc3)c2s1. The molecule has 1 unspecified atom stereocenters. The number of ether oxygens (including phenoxy) is 2. The van der Waals surface area contributed by atoms with E-state index in [0.29, 0.717) is 18.2 Å². The number of amides is 1. The summed E-state index contributed by atoms with van der Waals surface area (Å²) in [5.74, 6) is 0.902. The second-order valence-electron chi connectivity index (χ2n) is 7.79. The number of fused-ring (bicyclic) bond motifs is 1. The zero-order chi connectivity index (χ0) is 22.8. The Morgan fingerprint density at radius 1 is 1.03 bits per heavy atom. The van der Waals surface area contributed by atoms with E-state index in [4.69, 9.17) is 9.47 Å². The van der Waals surface area contributed by atoms with Crippen molar-refractivity contribution in [1.29, 1.82) is 0 Å². The summed E-state index contributed by atoms with van der Waals surface area (Å²) in [6, 6.07) is 14.5. The van der Waals surface area contributed by atoms with E-state index in [1.54, 1.807) is 14.2 Å². The Hall–Kier alpha value is -2.64. The van der Waals surface area contributed by atoms with E-state index < -0.39 is 0 Å². The fourth-order valence-electron chi connectivity index (χ4n) is 3.67. The molecular weight excluding hydrogens is 422 g/mol. The Kier molecular flexibility index (Phi) is 9.31. The van der Waals surface area contributed by atoms with Crippen LogP contribution >= 0.6 is 11.3 Å². The molecule has 3 rings (SSSR count). The van der Waals surface area contributed by atoms with Crippen LogP contribution in [0.25, 0.3) is 10.2 Å². The minimum atomic E-state index is 0.141. The van der Waals surface area contributed by atoms with Crippen molar-refractivity contribution in [2.24, 2.45) is 0 Å². The first-order chi connectivity index (χ1) is 15.6. The molecule has 0 bridgehead atoms. The first kappa shape index (κ1) is 24.0. The molecule has 172 valence electrons. The number of nitrogens with zero attached hydrogens (tertiary/aromatic N) is 1. The number of unbranched alkanes of at least 4 members (excludes halogenated alkanes) is 2. The number of thiazole rings is 1. The Balaban J connectivity index is 1.35. The molecule has 0 saturated carbocycles. The van der Waals surface area contributed by atoms with Crippen molar-refractivity contribution in [2.75, 3.05) is 27.3 Å². The van der Waals surface area contributed by atoms with Crippen molar-refractivity contribution in [3.63, 3.8) is 0 Å². The topological polar surface area (TPSA) is 72.5 Å². The zero-order valence-corrected chi connectivity index (χ0v) is 20.0. The van der Waals surface area contributed by atoms with Crippen LogP contribution < -0.4 is 20.1 Å². The molecule has 0 saturated heterocycles. The molecule has 0 spiro atoms. The second-order valence-corrected chi connectivity index (χ2v) is 8.75. The highest BCUT2D eigenvalue weighted by Gasteiger charge is 2.17. The van der Waals surface area contributed by atoms with Gasteiger partial charge in [-0.3, -0.25) is 4.79 Å². The zero-order valence-electron chi connectivity index (χ0n) is 19.1. The molecule has 1 amide bonds. The molecule has 7 heteroatoms. The molecule has 32 heavy (non-hydrogen) atoms. The van der Waals surface area contributed by atoms with Gasteiger partial charge in [0.1, 0.15) is 11.3 Å². The van der Waals surface area contributed by atoms with Crippen molar-refractivity contribution in [3.8, 4) is 10.9 Å². The third-order valence-electron chi connectivity index (χ3n) is 5.49. The largest absolute Gasteiger partial charge is 0.494 e. The molecule has 1 atom stereocenters. The van der Waals surface area contributed by atoms with Gasteiger partial charge in [0.25, 0.3) is 5.19 Å². The summed E-state index contributed by atoms with van der Waals surface area (Å²) in [7, 11) is 3.29. The monoisotopic (exact) mass is 455 g/mol. The summed E-state index contributed by atoms with van der Waals surface area (Å²) < 4.78 is 11.9. The molecular formula is C25H33N3O3S. The smallest absolute Gasteiger partial charge is 0.274 e. The number of nitrogens with one attached hydrogen (secondary N) is 2. The number of methoxy groups -OCH3 is 2. The van der Waals surface area contributed by atoms with Crippen molar-refractivity contribution in [3.05, 3.63) is 53.6 Å². The van der Waals surface area contributed by atoms with Gasteiger partial charge < -0.3 is 20.1 Å². The van der Waals surface area contributed by atoms with Gasteiger partial charge in [0, 0.05) is 19.0 Å². The third-order valence-corrected chi connectivity index (χ3v) is 6.55. The Bertz CT molecular complexity index is 991. The maximum Gasteiger partial charge on any atom is 0.274 e. The number of benzene rings is 2. The number of rotatable bonds is 13. The lowest BCUT2D eigenvalue weighted by atomic mass is 10.1. The van der Waals surface area contributed by atoms with Crippen LogP contribution in [0.2, 0.25) is 0 Å².